The van der Waals surface area contributed by atoms with Gasteiger partial charge in [-0.15, -0.1) is 24.0 Å². The maximum Gasteiger partial charge on any atom is 0.253 e. The quantitative estimate of drug-likeness (QED) is 0.304. The number of carbonyl (C=O) groups is 1. The second-order valence-corrected chi connectivity index (χ2v) is 7.40. The molecule has 0 saturated heterocycles. The van der Waals surface area contributed by atoms with E-state index in [9.17, 15) is 4.79 Å². The minimum Gasteiger partial charge on any atom is -0.357 e. The van der Waals surface area contributed by atoms with E-state index in [-0.39, 0.29) is 29.9 Å². The zero-order chi connectivity index (χ0) is 21.4. The Morgan fingerprint density at radius 3 is 2.30 bits per heavy atom. The Balaban J connectivity index is 0.00000450. The van der Waals surface area contributed by atoms with Crippen molar-refractivity contribution in [2.45, 2.75) is 33.9 Å². The Kier molecular flexibility index (Phi) is 11.3. The Morgan fingerprint density at radius 1 is 1.17 bits per heavy atom. The molecule has 6 nitrogen and oxygen atoms in total. The van der Waals surface area contributed by atoms with Crippen LogP contribution in [0.2, 0.25) is 5.02 Å². The van der Waals surface area contributed by atoms with Crippen molar-refractivity contribution in [2.24, 2.45) is 12.0 Å². The van der Waals surface area contributed by atoms with E-state index in [1.165, 1.54) is 0 Å². The molecule has 8 heteroatoms. The first-order chi connectivity index (χ1) is 13.9. The Bertz CT molecular complexity index is 831. The van der Waals surface area contributed by atoms with Crippen molar-refractivity contribution in [2.75, 3.05) is 26.7 Å². The van der Waals surface area contributed by atoms with E-state index >= 15 is 0 Å². The van der Waals surface area contributed by atoms with Crippen molar-refractivity contribution in [1.82, 2.24) is 19.7 Å². The molecule has 0 atom stereocenters. The molecule has 1 aromatic heterocycles. The van der Waals surface area contributed by atoms with Gasteiger partial charge in [0.25, 0.3) is 5.91 Å². The molecular weight excluding hydrogens is 513 g/mol. The standard InChI is InChI=1S/C22H32ClN5O.HI/c1-6-24-22(27(5)16-20-13-19(23)15-26(20)4)25-14-17-9-11-18(12-10-17)21(29)28(7-2)8-3;/h9-13,15H,6-8,14,16H2,1-5H3,(H,24,25);1H. The molecule has 1 heterocycles. The monoisotopic (exact) mass is 545 g/mol. The molecule has 166 valence electrons. The predicted molar refractivity (Wildman–Crippen MR) is 136 cm³/mol. The maximum absolute atomic E-state index is 12.4. The van der Waals surface area contributed by atoms with Gasteiger partial charge in [-0.1, -0.05) is 23.7 Å². The number of amides is 1. The lowest BCUT2D eigenvalue weighted by Crippen LogP contribution is -2.38. The van der Waals surface area contributed by atoms with Crippen molar-refractivity contribution in [3.05, 3.63) is 58.4 Å². The van der Waals surface area contributed by atoms with Crippen molar-refractivity contribution < 1.29 is 4.79 Å². The molecule has 30 heavy (non-hydrogen) atoms. The molecule has 0 bridgehead atoms. The summed E-state index contributed by atoms with van der Waals surface area (Å²) in [5, 5.41) is 4.07. The molecule has 1 amide bonds. The number of benzene rings is 1. The molecule has 1 aromatic carbocycles. The van der Waals surface area contributed by atoms with Gasteiger partial charge in [-0.25, -0.2) is 4.99 Å². The fourth-order valence-corrected chi connectivity index (χ4v) is 3.40. The first-order valence-corrected chi connectivity index (χ1v) is 10.5. The maximum atomic E-state index is 12.4. The SMILES string of the molecule is CCNC(=NCc1ccc(C(=O)N(CC)CC)cc1)N(C)Cc1cc(Cl)cn1C.I. The van der Waals surface area contributed by atoms with Crippen molar-refractivity contribution in [1.29, 1.82) is 0 Å². The highest BCUT2D eigenvalue weighted by Crippen LogP contribution is 2.14. The van der Waals surface area contributed by atoms with Gasteiger partial charge >= 0.3 is 0 Å². The van der Waals surface area contributed by atoms with Gasteiger partial charge < -0.3 is 19.7 Å². The number of halogens is 2. The molecule has 0 radical (unpaired) electrons. The third kappa shape index (κ3) is 7.19. The number of nitrogens with one attached hydrogen (secondary N) is 1. The molecule has 0 aliphatic rings. The largest absolute Gasteiger partial charge is 0.357 e. The van der Waals surface area contributed by atoms with Crippen LogP contribution in [0.25, 0.3) is 0 Å². The van der Waals surface area contributed by atoms with E-state index in [0.717, 1.165) is 28.8 Å². The summed E-state index contributed by atoms with van der Waals surface area (Å²) in [6.07, 6.45) is 1.90. The van der Waals surface area contributed by atoms with Crippen molar-refractivity contribution >= 4 is 47.4 Å². The molecular formula is C22H33ClIN5O. The summed E-state index contributed by atoms with van der Waals surface area (Å²) in [6.45, 7) is 9.49. The molecule has 1 N–H and O–H groups in total. The van der Waals surface area contributed by atoms with E-state index in [1.807, 2.05) is 73.9 Å². The highest BCUT2D eigenvalue weighted by atomic mass is 127. The van der Waals surface area contributed by atoms with Crippen LogP contribution in [0.5, 0.6) is 0 Å². The summed E-state index contributed by atoms with van der Waals surface area (Å²) in [7, 11) is 3.99. The van der Waals surface area contributed by atoms with Crippen LogP contribution in [-0.4, -0.2) is 52.9 Å². The highest BCUT2D eigenvalue weighted by molar-refractivity contribution is 14.0. The lowest BCUT2D eigenvalue weighted by Gasteiger charge is -2.22. The number of aliphatic imine (C=N–C) groups is 1. The number of nitrogens with zero attached hydrogens (tertiary/aromatic N) is 4. The van der Waals surface area contributed by atoms with Gasteiger partial charge in [-0.2, -0.15) is 0 Å². The third-order valence-electron chi connectivity index (χ3n) is 4.83. The van der Waals surface area contributed by atoms with E-state index < -0.39 is 0 Å². The average molecular weight is 546 g/mol. The van der Waals surface area contributed by atoms with Crippen LogP contribution in [0, 0.1) is 0 Å². The van der Waals surface area contributed by atoms with Crippen LogP contribution in [0.3, 0.4) is 0 Å². The van der Waals surface area contributed by atoms with Crippen LogP contribution in [0.4, 0.5) is 0 Å². The second kappa shape index (κ2) is 12.8. The van der Waals surface area contributed by atoms with E-state index in [4.69, 9.17) is 16.6 Å². The van der Waals surface area contributed by atoms with Gasteiger partial charge in [0.2, 0.25) is 0 Å². The zero-order valence-corrected chi connectivity index (χ0v) is 21.6. The van der Waals surface area contributed by atoms with Crippen LogP contribution in [-0.2, 0) is 20.1 Å². The highest BCUT2D eigenvalue weighted by Gasteiger charge is 2.12. The van der Waals surface area contributed by atoms with Crippen molar-refractivity contribution in [3.8, 4) is 0 Å². The first kappa shape index (κ1) is 26.3. The Hall–Kier alpha value is -1.74. The summed E-state index contributed by atoms with van der Waals surface area (Å²) in [4.78, 5) is 21.1. The lowest BCUT2D eigenvalue weighted by molar-refractivity contribution is 0.0773. The van der Waals surface area contributed by atoms with Gasteiger partial charge in [-0.05, 0) is 44.5 Å². The fraction of sp³-hybridized carbons (Fsp3) is 0.455. The number of aromatic nitrogens is 1. The second-order valence-electron chi connectivity index (χ2n) is 6.96. The van der Waals surface area contributed by atoms with E-state index in [0.29, 0.717) is 31.7 Å². The fourth-order valence-electron chi connectivity index (χ4n) is 3.12. The number of guanidine groups is 1. The molecule has 0 saturated carbocycles. The van der Waals surface area contributed by atoms with E-state index in [1.54, 1.807) is 0 Å². The Labute approximate surface area is 202 Å². The lowest BCUT2D eigenvalue weighted by atomic mass is 10.1. The number of aryl methyl sites for hydroxylation is 1. The van der Waals surface area contributed by atoms with Crippen LogP contribution >= 0.6 is 35.6 Å². The van der Waals surface area contributed by atoms with Gasteiger partial charge in [0.15, 0.2) is 5.96 Å². The number of hydrogen-bond donors (Lipinski definition) is 1. The summed E-state index contributed by atoms with van der Waals surface area (Å²) >= 11 is 6.09. The van der Waals surface area contributed by atoms with Gasteiger partial charge in [0, 0.05) is 51.2 Å². The van der Waals surface area contributed by atoms with E-state index in [2.05, 4.69) is 17.1 Å². The van der Waals surface area contributed by atoms with Gasteiger partial charge in [-0.3, -0.25) is 4.79 Å². The minimum absolute atomic E-state index is 0. The molecule has 2 aromatic rings. The number of hydrogen-bond acceptors (Lipinski definition) is 2. The van der Waals surface area contributed by atoms with Crippen LogP contribution < -0.4 is 5.32 Å². The first-order valence-electron chi connectivity index (χ1n) is 10.1. The minimum atomic E-state index is 0. The van der Waals surface area contributed by atoms with Crippen LogP contribution in [0.1, 0.15) is 42.4 Å². The smallest absolute Gasteiger partial charge is 0.253 e. The van der Waals surface area contributed by atoms with Crippen molar-refractivity contribution in [3.63, 3.8) is 0 Å². The summed E-state index contributed by atoms with van der Waals surface area (Å²) < 4.78 is 2.02. The number of carbonyl (C=O) groups excluding carboxylic acids is 1. The topological polar surface area (TPSA) is 52.9 Å². The van der Waals surface area contributed by atoms with Crippen LogP contribution in [0.15, 0.2) is 41.5 Å². The number of rotatable bonds is 8. The van der Waals surface area contributed by atoms with Gasteiger partial charge in [0.1, 0.15) is 0 Å². The predicted octanol–water partition coefficient (Wildman–Crippen LogP) is 4.38. The zero-order valence-electron chi connectivity index (χ0n) is 18.5. The molecule has 0 fully saturated rings. The Morgan fingerprint density at radius 2 is 1.80 bits per heavy atom. The molecule has 0 unspecified atom stereocenters. The molecule has 0 aliphatic carbocycles. The summed E-state index contributed by atoms with van der Waals surface area (Å²) in [5.74, 6) is 0.896. The molecule has 0 spiro atoms. The normalized spacial score (nSPS) is 11.1. The summed E-state index contributed by atoms with van der Waals surface area (Å²) in [6, 6.07) is 9.68. The summed E-state index contributed by atoms with van der Waals surface area (Å²) in [5.41, 5.74) is 2.89. The average Bonchev–Trinajstić information content (AvgIpc) is 3.03. The third-order valence-corrected chi connectivity index (χ3v) is 5.04. The molecule has 0 aliphatic heterocycles. The van der Waals surface area contributed by atoms with Gasteiger partial charge in [0.05, 0.1) is 18.1 Å². The molecule has 2 rings (SSSR count).